The number of anilines is 1. The first-order valence-corrected chi connectivity index (χ1v) is 5.96. The summed E-state index contributed by atoms with van der Waals surface area (Å²) in [4.78, 5) is 17.5. The molecule has 5 heteroatoms. The van der Waals surface area contributed by atoms with Crippen LogP contribution in [0, 0.1) is 18.3 Å². The Morgan fingerprint density at radius 1 is 1.71 bits per heavy atom. The fourth-order valence-corrected chi connectivity index (χ4v) is 2.24. The molecule has 1 saturated heterocycles. The first kappa shape index (κ1) is 12.1. The van der Waals surface area contributed by atoms with Crippen LogP contribution in [0.5, 0.6) is 0 Å². The molecule has 1 aromatic rings. The van der Waals surface area contributed by atoms with E-state index in [4.69, 9.17) is 6.42 Å². The van der Waals surface area contributed by atoms with E-state index in [1.165, 1.54) is 0 Å². The number of aliphatic hydroxyl groups is 1. The molecule has 2 rings (SSSR count). The summed E-state index contributed by atoms with van der Waals surface area (Å²) >= 11 is 3.28. The van der Waals surface area contributed by atoms with Crippen molar-refractivity contribution in [3.63, 3.8) is 0 Å². The van der Waals surface area contributed by atoms with E-state index < -0.39 is 0 Å². The third-order valence-electron chi connectivity index (χ3n) is 2.70. The van der Waals surface area contributed by atoms with Gasteiger partial charge in [0.15, 0.2) is 0 Å². The average Bonchev–Trinajstić information content (AvgIpc) is 2.70. The van der Waals surface area contributed by atoms with Gasteiger partial charge >= 0.3 is 0 Å². The lowest BCUT2D eigenvalue weighted by atomic mass is 10.1. The molecule has 17 heavy (non-hydrogen) atoms. The van der Waals surface area contributed by atoms with Crippen molar-refractivity contribution in [1.29, 1.82) is 0 Å². The summed E-state index contributed by atoms with van der Waals surface area (Å²) in [5.74, 6) is 2.97. The monoisotopic (exact) mass is 294 g/mol. The number of aliphatic hydroxyl groups excluding tert-OH is 1. The number of carbonyl (C=O) groups is 1. The molecule has 2 heterocycles. The molecule has 1 unspecified atom stereocenters. The quantitative estimate of drug-likeness (QED) is 0.837. The minimum absolute atomic E-state index is 0.0440. The van der Waals surface area contributed by atoms with Crippen molar-refractivity contribution in [2.45, 2.75) is 13.0 Å². The highest BCUT2D eigenvalue weighted by Crippen LogP contribution is 2.27. The van der Waals surface area contributed by atoms with E-state index in [2.05, 4.69) is 26.8 Å². The fourth-order valence-electron chi connectivity index (χ4n) is 1.86. The summed E-state index contributed by atoms with van der Waals surface area (Å²) in [6.45, 7) is 0.309. The van der Waals surface area contributed by atoms with Gasteiger partial charge in [0.1, 0.15) is 5.82 Å². The third-order valence-corrected chi connectivity index (χ3v) is 3.13. The van der Waals surface area contributed by atoms with Gasteiger partial charge in [0, 0.05) is 35.1 Å². The SMILES string of the molecule is C#CC1CC(=O)N(c2ncc(Br)cc2CO)C1. The molecule has 0 saturated carbocycles. The molecular weight excluding hydrogens is 284 g/mol. The highest BCUT2D eigenvalue weighted by Gasteiger charge is 2.31. The number of pyridine rings is 1. The van der Waals surface area contributed by atoms with Crippen molar-refractivity contribution >= 4 is 27.7 Å². The van der Waals surface area contributed by atoms with E-state index in [1.807, 2.05) is 0 Å². The van der Waals surface area contributed by atoms with Gasteiger partial charge in [-0.3, -0.25) is 9.69 Å². The smallest absolute Gasteiger partial charge is 0.229 e. The van der Waals surface area contributed by atoms with Crippen molar-refractivity contribution in [1.82, 2.24) is 4.98 Å². The summed E-state index contributed by atoms with van der Waals surface area (Å²) in [5, 5.41) is 9.27. The van der Waals surface area contributed by atoms with Crippen molar-refractivity contribution in [3.05, 3.63) is 22.3 Å². The zero-order valence-electron chi connectivity index (χ0n) is 9.06. The predicted molar refractivity (Wildman–Crippen MR) is 67.2 cm³/mol. The summed E-state index contributed by atoms with van der Waals surface area (Å²) < 4.78 is 0.769. The summed E-state index contributed by atoms with van der Waals surface area (Å²) in [5.41, 5.74) is 0.616. The number of aromatic nitrogens is 1. The van der Waals surface area contributed by atoms with Crippen molar-refractivity contribution in [3.8, 4) is 12.3 Å². The zero-order valence-corrected chi connectivity index (χ0v) is 10.6. The molecule has 4 nitrogen and oxygen atoms in total. The average molecular weight is 295 g/mol. The molecule has 1 amide bonds. The number of terminal acetylenes is 1. The largest absolute Gasteiger partial charge is 0.392 e. The topological polar surface area (TPSA) is 53.4 Å². The number of carbonyl (C=O) groups excluding carboxylic acids is 1. The number of amides is 1. The lowest BCUT2D eigenvalue weighted by Crippen LogP contribution is -2.26. The van der Waals surface area contributed by atoms with Gasteiger partial charge in [-0.05, 0) is 22.0 Å². The standard InChI is InChI=1S/C12H11BrN2O2/c1-2-8-3-11(17)15(6-8)12-9(7-16)4-10(13)5-14-12/h1,4-5,8,16H,3,6-7H2. The molecule has 0 spiro atoms. The minimum Gasteiger partial charge on any atom is -0.392 e. The summed E-state index contributed by atoms with van der Waals surface area (Å²) in [7, 11) is 0. The Balaban J connectivity index is 2.35. The van der Waals surface area contributed by atoms with Crippen LogP contribution in [0.2, 0.25) is 0 Å². The van der Waals surface area contributed by atoms with E-state index >= 15 is 0 Å². The van der Waals surface area contributed by atoms with Gasteiger partial charge in [0.25, 0.3) is 0 Å². The first-order chi connectivity index (χ1) is 8.15. The van der Waals surface area contributed by atoms with Crippen molar-refractivity contribution < 1.29 is 9.90 Å². The molecular formula is C12H11BrN2O2. The Hall–Kier alpha value is -1.38. The first-order valence-electron chi connectivity index (χ1n) is 5.17. The van der Waals surface area contributed by atoms with Crippen LogP contribution in [0.4, 0.5) is 5.82 Å². The molecule has 1 fully saturated rings. The van der Waals surface area contributed by atoms with Crippen molar-refractivity contribution in [2.24, 2.45) is 5.92 Å². The van der Waals surface area contributed by atoms with Gasteiger partial charge in [0.2, 0.25) is 5.91 Å². The van der Waals surface area contributed by atoms with Crippen LogP contribution in [0.25, 0.3) is 0 Å². The Morgan fingerprint density at radius 3 is 3.06 bits per heavy atom. The Kier molecular flexibility index (Phi) is 3.46. The van der Waals surface area contributed by atoms with E-state index in [-0.39, 0.29) is 18.4 Å². The third kappa shape index (κ3) is 2.33. The highest BCUT2D eigenvalue weighted by molar-refractivity contribution is 9.10. The Labute approximate surface area is 108 Å². The summed E-state index contributed by atoms with van der Waals surface area (Å²) in [6, 6.07) is 1.75. The molecule has 1 atom stereocenters. The molecule has 1 aliphatic rings. The number of hydrogen-bond donors (Lipinski definition) is 1. The second-order valence-electron chi connectivity index (χ2n) is 3.87. The van der Waals surface area contributed by atoms with Gasteiger partial charge in [-0.25, -0.2) is 4.98 Å². The van der Waals surface area contributed by atoms with E-state index in [0.29, 0.717) is 24.3 Å². The predicted octanol–water partition coefficient (Wildman–Crippen LogP) is 1.32. The van der Waals surface area contributed by atoms with Gasteiger partial charge in [-0.15, -0.1) is 12.3 Å². The molecule has 0 bridgehead atoms. The van der Waals surface area contributed by atoms with Gasteiger partial charge in [-0.1, -0.05) is 0 Å². The molecule has 88 valence electrons. The molecule has 0 aliphatic carbocycles. The molecule has 0 aromatic carbocycles. The maximum Gasteiger partial charge on any atom is 0.229 e. The minimum atomic E-state index is -0.160. The number of nitrogens with zero attached hydrogens (tertiary/aromatic N) is 2. The number of halogens is 1. The van der Waals surface area contributed by atoms with Crippen molar-refractivity contribution in [2.75, 3.05) is 11.4 Å². The number of rotatable bonds is 2. The van der Waals surface area contributed by atoms with Crippen LogP contribution in [0.15, 0.2) is 16.7 Å². The Bertz CT molecular complexity index is 496. The van der Waals surface area contributed by atoms with E-state index in [9.17, 15) is 9.90 Å². The molecule has 0 radical (unpaired) electrons. The van der Waals surface area contributed by atoms with Gasteiger partial charge in [0.05, 0.1) is 6.61 Å². The second-order valence-corrected chi connectivity index (χ2v) is 4.78. The zero-order chi connectivity index (χ0) is 12.4. The fraction of sp³-hybridized carbons (Fsp3) is 0.333. The van der Waals surface area contributed by atoms with E-state index in [1.54, 1.807) is 17.2 Å². The van der Waals surface area contributed by atoms with Crippen LogP contribution in [-0.2, 0) is 11.4 Å². The molecule has 1 aliphatic heterocycles. The van der Waals surface area contributed by atoms with Crippen LogP contribution >= 0.6 is 15.9 Å². The lowest BCUT2D eigenvalue weighted by molar-refractivity contribution is -0.117. The maximum atomic E-state index is 11.8. The Morgan fingerprint density at radius 2 is 2.47 bits per heavy atom. The lowest BCUT2D eigenvalue weighted by Gasteiger charge is -2.17. The second kappa shape index (κ2) is 4.86. The van der Waals surface area contributed by atoms with Crippen LogP contribution in [0.1, 0.15) is 12.0 Å². The molecule has 1 N–H and O–H groups in total. The number of hydrogen-bond acceptors (Lipinski definition) is 3. The summed E-state index contributed by atoms with van der Waals surface area (Å²) in [6.07, 6.45) is 7.27. The normalized spacial score (nSPS) is 19.5. The maximum absolute atomic E-state index is 11.8. The van der Waals surface area contributed by atoms with Crippen LogP contribution in [0.3, 0.4) is 0 Å². The van der Waals surface area contributed by atoms with Gasteiger partial charge in [-0.2, -0.15) is 0 Å². The van der Waals surface area contributed by atoms with Gasteiger partial charge < -0.3 is 5.11 Å². The molecule has 1 aromatic heterocycles. The highest BCUT2D eigenvalue weighted by atomic mass is 79.9. The van der Waals surface area contributed by atoms with Crippen LogP contribution < -0.4 is 4.90 Å². The van der Waals surface area contributed by atoms with Crippen LogP contribution in [-0.4, -0.2) is 22.5 Å². The van der Waals surface area contributed by atoms with E-state index in [0.717, 1.165) is 4.47 Å².